The van der Waals surface area contributed by atoms with Gasteiger partial charge in [-0.3, -0.25) is 19.2 Å². The molecule has 4 N–H and O–H groups in total. The smallest absolute Gasteiger partial charge is 0.251 e. The van der Waals surface area contributed by atoms with Crippen molar-refractivity contribution in [2.24, 2.45) is 5.73 Å². The number of para-hydroxylation sites is 1. The minimum absolute atomic E-state index is 0.191. The number of nitrogens with two attached hydrogens (primary N) is 1. The van der Waals surface area contributed by atoms with Crippen LogP contribution in [0.15, 0.2) is 59.5 Å². The summed E-state index contributed by atoms with van der Waals surface area (Å²) in [5, 5.41) is 5.04. The molecular weight excluding hydrogens is 416 g/mol. The van der Waals surface area contributed by atoms with Gasteiger partial charge >= 0.3 is 0 Å². The van der Waals surface area contributed by atoms with Crippen LogP contribution in [0.1, 0.15) is 23.7 Å². The maximum absolute atomic E-state index is 13.6. The Kier molecular flexibility index (Phi) is 5.94. The Morgan fingerprint density at radius 1 is 1.10 bits per heavy atom. The van der Waals surface area contributed by atoms with Crippen molar-refractivity contribution in [1.29, 1.82) is 0 Å². The van der Waals surface area contributed by atoms with E-state index in [0.717, 1.165) is 10.5 Å². The summed E-state index contributed by atoms with van der Waals surface area (Å²) in [6.07, 6.45) is 0.646. The Bertz CT molecular complexity index is 1030. The zero-order valence-electron chi connectivity index (χ0n) is 16.6. The molecular formula is C22H22N4O4S. The molecule has 2 aliphatic heterocycles. The molecule has 3 atom stereocenters. The highest BCUT2D eigenvalue weighted by atomic mass is 32.2. The number of carbonyl (C=O) groups is 4. The first-order chi connectivity index (χ1) is 14.9. The molecule has 0 spiro atoms. The van der Waals surface area contributed by atoms with Crippen LogP contribution in [-0.4, -0.2) is 42.3 Å². The van der Waals surface area contributed by atoms with Crippen LogP contribution in [0.4, 0.5) is 5.69 Å². The zero-order chi connectivity index (χ0) is 22.0. The van der Waals surface area contributed by atoms with E-state index in [2.05, 4.69) is 10.6 Å². The second kappa shape index (κ2) is 8.81. The molecule has 0 saturated carbocycles. The lowest BCUT2D eigenvalue weighted by Crippen LogP contribution is -2.55. The Morgan fingerprint density at radius 2 is 1.81 bits per heavy atom. The Hall–Kier alpha value is -3.33. The third-order valence-electron chi connectivity index (χ3n) is 5.30. The van der Waals surface area contributed by atoms with E-state index in [1.165, 1.54) is 16.7 Å². The van der Waals surface area contributed by atoms with E-state index >= 15 is 0 Å². The van der Waals surface area contributed by atoms with Crippen molar-refractivity contribution in [3.63, 3.8) is 0 Å². The minimum atomic E-state index is -0.954. The molecule has 1 fully saturated rings. The van der Waals surface area contributed by atoms with Crippen LogP contribution in [0.3, 0.4) is 0 Å². The number of hydrogen-bond donors (Lipinski definition) is 3. The molecule has 2 aromatic rings. The van der Waals surface area contributed by atoms with Crippen LogP contribution in [0, 0.1) is 0 Å². The summed E-state index contributed by atoms with van der Waals surface area (Å²) in [4.78, 5) is 52.0. The number of amides is 4. The van der Waals surface area contributed by atoms with Crippen molar-refractivity contribution in [1.82, 2.24) is 10.6 Å². The van der Waals surface area contributed by atoms with Gasteiger partial charge in [-0.2, -0.15) is 0 Å². The van der Waals surface area contributed by atoms with Crippen molar-refractivity contribution in [2.75, 3.05) is 11.4 Å². The number of nitrogens with one attached hydrogen (secondary N) is 2. The Labute approximate surface area is 183 Å². The van der Waals surface area contributed by atoms with Crippen molar-refractivity contribution in [2.45, 2.75) is 35.1 Å². The van der Waals surface area contributed by atoms with Gasteiger partial charge in [-0.1, -0.05) is 42.5 Å². The van der Waals surface area contributed by atoms with E-state index in [1.54, 1.807) is 12.1 Å². The highest BCUT2D eigenvalue weighted by Crippen LogP contribution is 2.45. The fourth-order valence-electron chi connectivity index (χ4n) is 3.82. The highest BCUT2D eigenvalue weighted by Gasteiger charge is 2.41. The van der Waals surface area contributed by atoms with Crippen molar-refractivity contribution >= 4 is 41.1 Å². The fourth-order valence-corrected chi connectivity index (χ4v) is 5.17. The first-order valence-electron chi connectivity index (χ1n) is 9.94. The minimum Gasteiger partial charge on any atom is -0.368 e. The normalized spacial score (nSPS) is 23.0. The number of thioether (sulfide) groups is 1. The van der Waals surface area contributed by atoms with Crippen LogP contribution in [-0.2, 0) is 19.2 Å². The molecule has 160 valence electrons. The molecule has 1 saturated heterocycles. The number of carbonyl (C=O) groups excluding carboxylic acids is 4. The van der Waals surface area contributed by atoms with Gasteiger partial charge in [0.05, 0.1) is 10.9 Å². The quantitative estimate of drug-likeness (QED) is 0.646. The third-order valence-corrected chi connectivity index (χ3v) is 6.69. The van der Waals surface area contributed by atoms with Gasteiger partial charge < -0.3 is 21.3 Å². The van der Waals surface area contributed by atoms with E-state index in [4.69, 9.17) is 5.73 Å². The second-order valence-electron chi connectivity index (χ2n) is 7.45. The number of anilines is 1. The van der Waals surface area contributed by atoms with Gasteiger partial charge in [-0.15, -0.1) is 11.8 Å². The zero-order valence-corrected chi connectivity index (χ0v) is 17.4. The topological polar surface area (TPSA) is 122 Å². The van der Waals surface area contributed by atoms with Gasteiger partial charge in [-0.05, 0) is 24.1 Å². The maximum atomic E-state index is 13.6. The lowest BCUT2D eigenvalue weighted by atomic mass is 10.0. The molecule has 4 rings (SSSR count). The van der Waals surface area contributed by atoms with Crippen LogP contribution in [0.5, 0.6) is 0 Å². The van der Waals surface area contributed by atoms with E-state index in [0.29, 0.717) is 12.1 Å². The number of benzene rings is 2. The standard InChI is InChI=1S/C22H22N4O4S/c23-17(27)12-26-15-8-4-5-9-16(15)31-20(13-6-2-1-3-7-13)19(22(26)30)25-21(29)14-10-11-18(28)24-14/h1-9,14,19-20H,10-12H2,(H2,23,27)(H,24,28)(H,25,29)/t14-,19-,20-/m0/s1. The average Bonchev–Trinajstić information content (AvgIpc) is 3.17. The largest absolute Gasteiger partial charge is 0.368 e. The predicted molar refractivity (Wildman–Crippen MR) is 116 cm³/mol. The van der Waals surface area contributed by atoms with Crippen molar-refractivity contribution in [3.8, 4) is 0 Å². The fraction of sp³-hybridized carbons (Fsp3) is 0.273. The molecule has 8 nitrogen and oxygen atoms in total. The molecule has 2 aromatic carbocycles. The van der Waals surface area contributed by atoms with Gasteiger partial charge in [0.15, 0.2) is 0 Å². The third kappa shape index (κ3) is 4.41. The Morgan fingerprint density at radius 3 is 2.48 bits per heavy atom. The first kappa shape index (κ1) is 20.9. The molecule has 0 bridgehead atoms. The molecule has 9 heteroatoms. The lowest BCUT2D eigenvalue weighted by molar-refractivity contribution is -0.129. The van der Waals surface area contributed by atoms with Gasteiger partial charge in [0.1, 0.15) is 18.6 Å². The summed E-state index contributed by atoms with van der Waals surface area (Å²) in [7, 11) is 0. The first-order valence-corrected chi connectivity index (χ1v) is 10.8. The van der Waals surface area contributed by atoms with Gasteiger partial charge in [0.2, 0.25) is 17.7 Å². The maximum Gasteiger partial charge on any atom is 0.251 e. The number of fused-ring (bicyclic) bond motifs is 1. The van der Waals surface area contributed by atoms with Crippen molar-refractivity contribution in [3.05, 3.63) is 60.2 Å². The number of hydrogen-bond acceptors (Lipinski definition) is 5. The molecule has 2 heterocycles. The van der Waals surface area contributed by atoms with Crippen LogP contribution < -0.4 is 21.3 Å². The molecule has 0 radical (unpaired) electrons. The Balaban J connectivity index is 1.74. The van der Waals surface area contributed by atoms with Crippen molar-refractivity contribution < 1.29 is 19.2 Å². The number of rotatable bonds is 5. The van der Waals surface area contributed by atoms with Gasteiger partial charge in [-0.25, -0.2) is 0 Å². The predicted octanol–water partition coefficient (Wildman–Crippen LogP) is 1.12. The second-order valence-corrected chi connectivity index (χ2v) is 8.64. The van der Waals surface area contributed by atoms with E-state index in [9.17, 15) is 19.2 Å². The summed E-state index contributed by atoms with van der Waals surface area (Å²) in [5.41, 5.74) is 6.86. The van der Waals surface area contributed by atoms with Gasteiger partial charge in [0, 0.05) is 11.3 Å². The number of nitrogens with zero attached hydrogens (tertiary/aromatic N) is 1. The van der Waals surface area contributed by atoms with Gasteiger partial charge in [0.25, 0.3) is 5.91 Å². The highest BCUT2D eigenvalue weighted by molar-refractivity contribution is 7.99. The summed E-state index contributed by atoms with van der Waals surface area (Å²) in [6.45, 7) is -0.301. The average molecular weight is 439 g/mol. The van der Waals surface area contributed by atoms with Crippen LogP contribution >= 0.6 is 11.8 Å². The molecule has 2 aliphatic rings. The number of primary amides is 1. The monoisotopic (exact) mass is 438 g/mol. The molecule has 0 aliphatic carbocycles. The van der Waals surface area contributed by atoms with Crippen LogP contribution in [0.2, 0.25) is 0 Å². The SMILES string of the molecule is NC(=O)CN1C(=O)[C@@H](NC(=O)[C@@H]2CCC(=O)N2)[C@H](c2ccccc2)Sc2ccccc21. The summed E-state index contributed by atoms with van der Waals surface area (Å²) >= 11 is 1.44. The summed E-state index contributed by atoms with van der Waals surface area (Å²) in [6, 6.07) is 15.0. The van der Waals surface area contributed by atoms with E-state index < -0.39 is 35.1 Å². The van der Waals surface area contributed by atoms with E-state index in [1.807, 2.05) is 42.5 Å². The molecule has 0 unspecified atom stereocenters. The molecule has 4 amide bonds. The van der Waals surface area contributed by atoms with Crippen LogP contribution in [0.25, 0.3) is 0 Å². The summed E-state index contributed by atoms with van der Waals surface area (Å²) < 4.78 is 0. The summed E-state index contributed by atoms with van der Waals surface area (Å²) in [5.74, 6) is -1.69. The molecule has 31 heavy (non-hydrogen) atoms. The lowest BCUT2D eigenvalue weighted by Gasteiger charge is -2.29. The molecule has 0 aromatic heterocycles. The van der Waals surface area contributed by atoms with E-state index in [-0.39, 0.29) is 18.9 Å².